The van der Waals surface area contributed by atoms with E-state index in [1.807, 2.05) is 0 Å². The predicted octanol–water partition coefficient (Wildman–Crippen LogP) is 2.95. The van der Waals surface area contributed by atoms with E-state index in [0.29, 0.717) is 0 Å². The molecule has 9 heteroatoms. The average molecular weight is 357 g/mol. The lowest BCUT2D eigenvalue weighted by Gasteiger charge is -2.34. The van der Waals surface area contributed by atoms with Gasteiger partial charge in [-0.05, 0) is 11.8 Å². The number of nitrogens with zero attached hydrogens (tertiary/aromatic N) is 1. The van der Waals surface area contributed by atoms with Crippen molar-refractivity contribution in [2.24, 2.45) is 0 Å². The van der Waals surface area contributed by atoms with E-state index in [0.717, 1.165) is 5.56 Å². The first-order chi connectivity index (χ1) is 11.3. The minimum atomic E-state index is -5.00. The molecule has 2 unspecified atom stereocenters. The first kappa shape index (κ1) is 16.8. The van der Waals surface area contributed by atoms with Crippen molar-refractivity contribution in [1.82, 2.24) is 10.2 Å². The van der Waals surface area contributed by atoms with Crippen molar-refractivity contribution < 1.29 is 23.1 Å². The fourth-order valence-electron chi connectivity index (χ4n) is 2.84. The van der Waals surface area contributed by atoms with Crippen LogP contribution in [0.1, 0.15) is 28.5 Å². The van der Waals surface area contributed by atoms with E-state index < -0.39 is 34.9 Å². The smallest absolute Gasteiger partial charge is 0.376 e. The number of fused-ring (bicyclic) bond motifs is 1. The van der Waals surface area contributed by atoms with Crippen LogP contribution in [-0.4, -0.2) is 33.6 Å². The maximum Gasteiger partial charge on any atom is 0.422 e. The highest BCUT2D eigenvalue weighted by Gasteiger charge is 2.61. The summed E-state index contributed by atoms with van der Waals surface area (Å²) in [4.78, 5) is 11.6. The Hall–Kier alpha value is -2.00. The molecule has 3 rings (SSSR count). The van der Waals surface area contributed by atoms with Crippen molar-refractivity contribution in [3.05, 3.63) is 47.2 Å². The number of halogens is 3. The molecule has 1 aromatic carbocycles. The van der Waals surface area contributed by atoms with Gasteiger partial charge < -0.3 is 10.4 Å². The number of anilines is 1. The zero-order valence-electron chi connectivity index (χ0n) is 12.5. The highest BCUT2D eigenvalue weighted by Crippen LogP contribution is 2.50. The molecule has 2 heterocycles. The van der Waals surface area contributed by atoms with Gasteiger partial charge in [0.05, 0.1) is 22.9 Å². The second-order valence-electron chi connectivity index (χ2n) is 5.47. The molecule has 1 amide bonds. The Morgan fingerprint density at radius 1 is 1.33 bits per heavy atom. The van der Waals surface area contributed by atoms with Crippen LogP contribution >= 0.6 is 11.8 Å². The molecule has 1 aromatic heterocycles. The standard InChI is InChI=1S/C15H14F3N3O2S/c1-24-12(8-5-3-2-4-6-8)11-10-13(21-20-11)19-9(22)7-14(10,23)15(16,17)18/h2-6,12,23H,7H2,1H3,(H2,19,20,21,22). The monoisotopic (exact) mass is 357 g/mol. The second-order valence-corrected chi connectivity index (χ2v) is 6.41. The molecule has 0 saturated carbocycles. The number of amides is 1. The van der Waals surface area contributed by atoms with Crippen LogP contribution < -0.4 is 5.32 Å². The number of alkyl halides is 3. The van der Waals surface area contributed by atoms with Crippen LogP contribution in [0.4, 0.5) is 19.0 Å². The van der Waals surface area contributed by atoms with Crippen LogP contribution in [0.2, 0.25) is 0 Å². The first-order valence-electron chi connectivity index (χ1n) is 7.03. The van der Waals surface area contributed by atoms with Gasteiger partial charge in [-0.25, -0.2) is 0 Å². The summed E-state index contributed by atoms with van der Waals surface area (Å²) in [6.45, 7) is 0. The number of rotatable bonds is 3. The zero-order chi connectivity index (χ0) is 17.5. The van der Waals surface area contributed by atoms with Crippen molar-refractivity contribution in [2.75, 3.05) is 11.6 Å². The molecule has 0 spiro atoms. The molecule has 24 heavy (non-hydrogen) atoms. The summed E-state index contributed by atoms with van der Waals surface area (Å²) >= 11 is 1.30. The molecule has 2 aromatic rings. The number of carbonyl (C=O) groups is 1. The third-order valence-electron chi connectivity index (χ3n) is 3.95. The fourth-order valence-corrected chi connectivity index (χ4v) is 3.68. The lowest BCUT2D eigenvalue weighted by Crippen LogP contribution is -2.48. The van der Waals surface area contributed by atoms with E-state index >= 15 is 0 Å². The van der Waals surface area contributed by atoms with E-state index in [-0.39, 0.29) is 11.5 Å². The van der Waals surface area contributed by atoms with Gasteiger partial charge >= 0.3 is 6.18 Å². The highest BCUT2D eigenvalue weighted by molar-refractivity contribution is 7.99. The number of aromatic nitrogens is 2. The van der Waals surface area contributed by atoms with Crippen LogP contribution in [0.3, 0.4) is 0 Å². The topological polar surface area (TPSA) is 78.0 Å². The predicted molar refractivity (Wildman–Crippen MR) is 83.6 cm³/mol. The second kappa shape index (κ2) is 5.82. The van der Waals surface area contributed by atoms with Crippen molar-refractivity contribution in [3.63, 3.8) is 0 Å². The summed E-state index contributed by atoms with van der Waals surface area (Å²) in [6, 6.07) is 8.92. The summed E-state index contributed by atoms with van der Waals surface area (Å²) in [6.07, 6.45) is -4.34. The lowest BCUT2D eigenvalue weighted by molar-refractivity contribution is -0.267. The van der Waals surface area contributed by atoms with E-state index in [9.17, 15) is 23.1 Å². The van der Waals surface area contributed by atoms with Gasteiger partial charge in [-0.3, -0.25) is 9.89 Å². The fraction of sp³-hybridized carbons (Fsp3) is 0.333. The molecule has 0 saturated heterocycles. The molecular formula is C15H14F3N3O2S. The SMILES string of the molecule is CSC(c1ccccc1)c1[nH]nc2c1C(O)(C(F)(F)F)CC(=O)N2. The quantitative estimate of drug-likeness (QED) is 0.789. The molecule has 5 nitrogen and oxygen atoms in total. The summed E-state index contributed by atoms with van der Waals surface area (Å²) in [5.41, 5.74) is -2.80. The van der Waals surface area contributed by atoms with Crippen molar-refractivity contribution in [3.8, 4) is 0 Å². The van der Waals surface area contributed by atoms with Crippen LogP contribution in [-0.2, 0) is 10.4 Å². The Kier molecular flexibility index (Phi) is 4.08. The van der Waals surface area contributed by atoms with Crippen LogP contribution in [0, 0.1) is 0 Å². The largest absolute Gasteiger partial charge is 0.422 e. The Morgan fingerprint density at radius 3 is 2.58 bits per heavy atom. The summed E-state index contributed by atoms with van der Waals surface area (Å²) in [5.74, 6) is -1.21. The van der Waals surface area contributed by atoms with Crippen molar-refractivity contribution in [2.45, 2.75) is 23.4 Å². The number of benzene rings is 1. The van der Waals surface area contributed by atoms with Crippen LogP contribution in [0.15, 0.2) is 30.3 Å². The van der Waals surface area contributed by atoms with Gasteiger partial charge in [0.15, 0.2) is 11.4 Å². The Morgan fingerprint density at radius 2 is 2.00 bits per heavy atom. The number of hydrogen-bond acceptors (Lipinski definition) is 4. The van der Waals surface area contributed by atoms with Crippen LogP contribution in [0.25, 0.3) is 0 Å². The molecule has 128 valence electrons. The van der Waals surface area contributed by atoms with Crippen LogP contribution in [0.5, 0.6) is 0 Å². The normalized spacial score (nSPS) is 22.0. The van der Waals surface area contributed by atoms with Gasteiger partial charge in [-0.1, -0.05) is 30.3 Å². The molecule has 1 aliphatic heterocycles. The third-order valence-corrected chi connectivity index (χ3v) is 4.93. The van der Waals surface area contributed by atoms with E-state index in [2.05, 4.69) is 15.5 Å². The van der Waals surface area contributed by atoms with Gasteiger partial charge in [0, 0.05) is 0 Å². The van der Waals surface area contributed by atoms with Gasteiger partial charge in [-0.2, -0.15) is 30.0 Å². The Bertz CT molecular complexity index is 763. The molecule has 2 atom stereocenters. The number of carbonyl (C=O) groups excluding carboxylic acids is 1. The summed E-state index contributed by atoms with van der Waals surface area (Å²) in [5, 5.41) is 18.5. The number of H-pyrrole nitrogens is 1. The first-order valence-corrected chi connectivity index (χ1v) is 8.32. The Labute approximate surface area is 139 Å². The number of thioether (sulfide) groups is 1. The summed E-state index contributed by atoms with van der Waals surface area (Å²) in [7, 11) is 0. The Balaban J connectivity index is 2.18. The van der Waals surface area contributed by atoms with Gasteiger partial charge in [0.1, 0.15) is 0 Å². The number of aromatic amines is 1. The van der Waals surface area contributed by atoms with E-state index in [1.54, 1.807) is 36.6 Å². The van der Waals surface area contributed by atoms with Gasteiger partial charge in [-0.15, -0.1) is 0 Å². The average Bonchev–Trinajstić information content (AvgIpc) is 2.92. The van der Waals surface area contributed by atoms with E-state index in [1.165, 1.54) is 11.8 Å². The number of hydrogen-bond donors (Lipinski definition) is 3. The van der Waals surface area contributed by atoms with Crippen molar-refractivity contribution in [1.29, 1.82) is 0 Å². The van der Waals surface area contributed by atoms with E-state index in [4.69, 9.17) is 0 Å². The maximum absolute atomic E-state index is 13.5. The van der Waals surface area contributed by atoms with Gasteiger partial charge in [0.2, 0.25) is 5.91 Å². The molecule has 0 aliphatic carbocycles. The minimum Gasteiger partial charge on any atom is -0.376 e. The molecule has 0 fully saturated rings. The lowest BCUT2D eigenvalue weighted by atomic mass is 9.85. The third kappa shape index (κ3) is 2.57. The highest BCUT2D eigenvalue weighted by atomic mass is 32.2. The molecular weight excluding hydrogens is 343 g/mol. The zero-order valence-corrected chi connectivity index (χ0v) is 13.3. The molecule has 0 radical (unpaired) electrons. The summed E-state index contributed by atoms with van der Waals surface area (Å²) < 4.78 is 40.6. The number of aliphatic hydroxyl groups is 1. The molecule has 0 bridgehead atoms. The maximum atomic E-state index is 13.5. The molecule has 1 aliphatic rings. The van der Waals surface area contributed by atoms with Gasteiger partial charge in [0.25, 0.3) is 0 Å². The minimum absolute atomic E-state index is 0.128. The number of nitrogens with one attached hydrogen (secondary N) is 2. The van der Waals surface area contributed by atoms with Crippen molar-refractivity contribution >= 4 is 23.5 Å². The molecule has 3 N–H and O–H groups in total.